The molecule has 0 saturated carbocycles. The van der Waals surface area contributed by atoms with E-state index in [0.29, 0.717) is 11.8 Å². The van der Waals surface area contributed by atoms with Crippen LogP contribution in [0.2, 0.25) is 0 Å². The topological polar surface area (TPSA) is 69.6 Å². The Bertz CT molecular complexity index is 294. The minimum absolute atomic E-state index is 0.116. The highest BCUT2D eigenvalue weighted by Crippen LogP contribution is 2.23. The second-order valence-corrected chi connectivity index (χ2v) is 6.93. The van der Waals surface area contributed by atoms with Gasteiger partial charge in [0.15, 0.2) is 0 Å². The summed E-state index contributed by atoms with van der Waals surface area (Å²) in [6, 6.07) is -0.405. The number of carboxylic acids is 1. The van der Waals surface area contributed by atoms with Crippen LogP contribution in [0.3, 0.4) is 0 Å². The first-order valence-electron chi connectivity index (χ1n) is 5.96. The van der Waals surface area contributed by atoms with E-state index in [9.17, 15) is 9.59 Å². The normalized spacial score (nSPS) is 19.6. The number of nitrogens with one attached hydrogen (secondary N) is 1. The Kier molecular flexibility index (Phi) is 6.70. The van der Waals surface area contributed by atoms with Gasteiger partial charge in [-0.1, -0.05) is 0 Å². The Morgan fingerprint density at radius 3 is 2.67 bits per heavy atom. The van der Waals surface area contributed by atoms with E-state index >= 15 is 0 Å². The van der Waals surface area contributed by atoms with E-state index in [0.717, 1.165) is 11.5 Å². The molecule has 0 aliphatic carbocycles. The number of urea groups is 1. The summed E-state index contributed by atoms with van der Waals surface area (Å²) < 4.78 is 0. The molecule has 1 unspecified atom stereocenters. The third-order valence-electron chi connectivity index (χ3n) is 2.56. The SMILES string of the molecule is CC(C)N(CC(=O)O)C(=O)NCC1CSCCS1. The van der Waals surface area contributed by atoms with Crippen LogP contribution >= 0.6 is 23.5 Å². The van der Waals surface area contributed by atoms with Gasteiger partial charge in [0.25, 0.3) is 0 Å². The number of thioether (sulfide) groups is 2. The second-order valence-electron chi connectivity index (χ2n) is 4.37. The molecule has 1 saturated heterocycles. The van der Waals surface area contributed by atoms with Gasteiger partial charge in [-0.2, -0.15) is 23.5 Å². The molecule has 0 aromatic heterocycles. The number of carboxylic acid groups (broad SMARTS) is 1. The minimum atomic E-state index is -0.985. The molecule has 1 rings (SSSR count). The fourth-order valence-electron chi connectivity index (χ4n) is 1.59. The predicted octanol–water partition coefficient (Wildman–Crippen LogP) is 1.34. The molecule has 0 aromatic carbocycles. The lowest BCUT2D eigenvalue weighted by Crippen LogP contribution is -2.48. The molecule has 2 N–H and O–H groups in total. The maximum absolute atomic E-state index is 11.9. The van der Waals surface area contributed by atoms with E-state index in [2.05, 4.69) is 5.32 Å². The first kappa shape index (κ1) is 15.5. The number of hydrogen-bond donors (Lipinski definition) is 2. The van der Waals surface area contributed by atoms with Crippen molar-refractivity contribution < 1.29 is 14.7 Å². The minimum Gasteiger partial charge on any atom is -0.480 e. The lowest BCUT2D eigenvalue weighted by Gasteiger charge is -2.27. The largest absolute Gasteiger partial charge is 0.480 e. The number of amides is 2. The van der Waals surface area contributed by atoms with E-state index in [1.807, 2.05) is 37.4 Å². The van der Waals surface area contributed by atoms with Gasteiger partial charge in [0.2, 0.25) is 0 Å². The van der Waals surface area contributed by atoms with Gasteiger partial charge in [-0.15, -0.1) is 0 Å². The van der Waals surface area contributed by atoms with E-state index in [4.69, 9.17) is 5.11 Å². The van der Waals surface area contributed by atoms with Crippen molar-refractivity contribution in [2.24, 2.45) is 0 Å². The molecule has 0 spiro atoms. The van der Waals surface area contributed by atoms with Crippen LogP contribution < -0.4 is 5.32 Å². The zero-order chi connectivity index (χ0) is 13.5. The lowest BCUT2D eigenvalue weighted by molar-refractivity contribution is -0.138. The van der Waals surface area contributed by atoms with Gasteiger partial charge in [-0.3, -0.25) is 4.79 Å². The highest BCUT2D eigenvalue weighted by Gasteiger charge is 2.21. The van der Waals surface area contributed by atoms with Crippen LogP contribution in [-0.4, -0.2) is 63.6 Å². The van der Waals surface area contributed by atoms with Crippen LogP contribution in [0.15, 0.2) is 0 Å². The summed E-state index contributed by atoms with van der Waals surface area (Å²) in [7, 11) is 0. The Balaban J connectivity index is 2.38. The summed E-state index contributed by atoms with van der Waals surface area (Å²) in [5, 5.41) is 12.0. The molecular formula is C11H20N2O3S2. The van der Waals surface area contributed by atoms with E-state index in [1.54, 1.807) is 0 Å². The molecular weight excluding hydrogens is 272 g/mol. The van der Waals surface area contributed by atoms with Crippen molar-refractivity contribution >= 4 is 35.5 Å². The van der Waals surface area contributed by atoms with E-state index < -0.39 is 5.97 Å². The third kappa shape index (κ3) is 5.39. The van der Waals surface area contributed by atoms with Gasteiger partial charge >= 0.3 is 12.0 Å². The van der Waals surface area contributed by atoms with Crippen LogP contribution in [0.5, 0.6) is 0 Å². The van der Waals surface area contributed by atoms with Gasteiger partial charge in [-0.05, 0) is 13.8 Å². The molecule has 18 heavy (non-hydrogen) atoms. The van der Waals surface area contributed by atoms with Crippen LogP contribution in [0.4, 0.5) is 4.79 Å². The average molecular weight is 292 g/mol. The predicted molar refractivity (Wildman–Crippen MR) is 76.4 cm³/mol. The van der Waals surface area contributed by atoms with Crippen molar-refractivity contribution in [1.29, 1.82) is 0 Å². The standard InChI is InChI=1S/C11H20N2O3S2/c1-8(2)13(6-10(14)15)11(16)12-5-9-7-17-3-4-18-9/h8-9H,3-7H2,1-2H3,(H,12,16)(H,14,15). The Hall–Kier alpha value is -0.560. The van der Waals surface area contributed by atoms with Crippen LogP contribution in [0.25, 0.3) is 0 Å². The van der Waals surface area contributed by atoms with Crippen molar-refractivity contribution in [3.63, 3.8) is 0 Å². The molecule has 104 valence electrons. The lowest BCUT2D eigenvalue weighted by atomic mass is 10.3. The smallest absolute Gasteiger partial charge is 0.323 e. The molecule has 0 radical (unpaired) electrons. The van der Waals surface area contributed by atoms with Gasteiger partial charge in [0, 0.05) is 35.1 Å². The van der Waals surface area contributed by atoms with Gasteiger partial charge in [0.1, 0.15) is 6.54 Å². The van der Waals surface area contributed by atoms with Crippen molar-refractivity contribution in [2.75, 3.05) is 30.3 Å². The van der Waals surface area contributed by atoms with Gasteiger partial charge in [0.05, 0.1) is 0 Å². The number of carbonyl (C=O) groups is 2. The summed E-state index contributed by atoms with van der Waals surface area (Å²) in [6.45, 7) is 3.98. The van der Waals surface area contributed by atoms with Crippen molar-refractivity contribution in [3.05, 3.63) is 0 Å². The maximum Gasteiger partial charge on any atom is 0.323 e. The molecule has 1 aliphatic heterocycles. The monoisotopic (exact) mass is 292 g/mol. The van der Waals surface area contributed by atoms with E-state index in [1.165, 1.54) is 10.7 Å². The number of aliphatic carboxylic acids is 1. The van der Waals surface area contributed by atoms with Crippen LogP contribution in [-0.2, 0) is 4.79 Å². The number of nitrogens with zero attached hydrogens (tertiary/aromatic N) is 1. The molecule has 0 bridgehead atoms. The fourth-order valence-corrected chi connectivity index (χ4v) is 4.20. The third-order valence-corrected chi connectivity index (χ3v) is 5.40. The quantitative estimate of drug-likeness (QED) is 0.800. The summed E-state index contributed by atoms with van der Waals surface area (Å²) in [6.07, 6.45) is 0. The molecule has 2 amide bonds. The molecule has 0 aromatic rings. The van der Waals surface area contributed by atoms with Gasteiger partial charge < -0.3 is 15.3 Å². The highest BCUT2D eigenvalue weighted by molar-refractivity contribution is 8.06. The highest BCUT2D eigenvalue weighted by atomic mass is 32.2. The Labute approximate surface area is 116 Å². The van der Waals surface area contributed by atoms with Crippen molar-refractivity contribution in [1.82, 2.24) is 10.2 Å². The number of carbonyl (C=O) groups excluding carboxylic acids is 1. The summed E-state index contributed by atoms with van der Waals surface area (Å²) in [5.74, 6) is 2.35. The second kappa shape index (κ2) is 7.78. The van der Waals surface area contributed by atoms with Gasteiger partial charge in [-0.25, -0.2) is 4.79 Å². The Morgan fingerprint density at radius 1 is 1.44 bits per heavy atom. The summed E-state index contributed by atoms with van der Waals surface area (Å²) in [4.78, 5) is 23.9. The summed E-state index contributed by atoms with van der Waals surface area (Å²) >= 11 is 3.77. The van der Waals surface area contributed by atoms with E-state index in [-0.39, 0.29) is 18.6 Å². The molecule has 1 fully saturated rings. The Morgan fingerprint density at radius 2 is 2.17 bits per heavy atom. The van der Waals surface area contributed by atoms with Crippen LogP contribution in [0, 0.1) is 0 Å². The summed E-state index contributed by atoms with van der Waals surface area (Å²) in [5.41, 5.74) is 0. The maximum atomic E-state index is 11.9. The molecule has 1 aliphatic rings. The van der Waals surface area contributed by atoms with Crippen molar-refractivity contribution in [3.8, 4) is 0 Å². The fraction of sp³-hybridized carbons (Fsp3) is 0.818. The average Bonchev–Trinajstić information content (AvgIpc) is 2.34. The van der Waals surface area contributed by atoms with Crippen molar-refractivity contribution in [2.45, 2.75) is 25.1 Å². The molecule has 1 heterocycles. The molecule has 1 atom stereocenters. The van der Waals surface area contributed by atoms with Crippen LogP contribution in [0.1, 0.15) is 13.8 Å². The molecule has 5 nitrogen and oxygen atoms in total. The zero-order valence-corrected chi connectivity index (χ0v) is 12.4. The first-order valence-corrected chi connectivity index (χ1v) is 8.16. The number of hydrogen-bond acceptors (Lipinski definition) is 4. The first-order chi connectivity index (χ1) is 8.50. The molecule has 7 heteroatoms. The number of rotatable bonds is 5. The zero-order valence-electron chi connectivity index (χ0n) is 10.7.